The summed E-state index contributed by atoms with van der Waals surface area (Å²) in [6.07, 6.45) is 5.56. The highest BCUT2D eigenvalue weighted by atomic mass is 16.5. The maximum atomic E-state index is 13.2. The molecule has 166 valence electrons. The summed E-state index contributed by atoms with van der Waals surface area (Å²) in [7, 11) is 0. The molecule has 1 unspecified atom stereocenters. The molecule has 2 aromatic carbocycles. The minimum atomic E-state index is -0.572. The van der Waals surface area contributed by atoms with E-state index < -0.39 is 6.04 Å². The smallest absolute Gasteiger partial charge is 0.261 e. The first-order valence-electron chi connectivity index (χ1n) is 11.3. The second-order valence-electron chi connectivity index (χ2n) is 8.58. The number of rotatable bonds is 8. The minimum absolute atomic E-state index is 0.0947. The van der Waals surface area contributed by atoms with Crippen LogP contribution in [0.3, 0.4) is 0 Å². The molecule has 0 saturated heterocycles. The van der Waals surface area contributed by atoms with Gasteiger partial charge in [-0.3, -0.25) is 9.59 Å². The summed E-state index contributed by atoms with van der Waals surface area (Å²) in [6, 6.07) is 15.3. The molecule has 0 radical (unpaired) electrons. The van der Waals surface area contributed by atoms with Gasteiger partial charge in [-0.05, 0) is 50.8 Å². The van der Waals surface area contributed by atoms with E-state index in [0.29, 0.717) is 12.3 Å². The van der Waals surface area contributed by atoms with Gasteiger partial charge in [-0.15, -0.1) is 0 Å². The Morgan fingerprint density at radius 1 is 1.06 bits per heavy atom. The molecule has 0 spiro atoms. The van der Waals surface area contributed by atoms with Gasteiger partial charge >= 0.3 is 0 Å². The molecule has 0 heterocycles. The third kappa shape index (κ3) is 6.58. The summed E-state index contributed by atoms with van der Waals surface area (Å²) in [6.45, 7) is 6.06. The van der Waals surface area contributed by atoms with Crippen molar-refractivity contribution in [2.45, 2.75) is 71.5 Å². The predicted octanol–water partition coefficient (Wildman–Crippen LogP) is 4.55. The van der Waals surface area contributed by atoms with E-state index in [1.165, 1.54) is 6.42 Å². The lowest BCUT2D eigenvalue weighted by atomic mass is 9.95. The fourth-order valence-corrected chi connectivity index (χ4v) is 4.12. The molecule has 2 aromatic rings. The monoisotopic (exact) mass is 422 g/mol. The van der Waals surface area contributed by atoms with E-state index in [1.807, 2.05) is 62.4 Å². The van der Waals surface area contributed by atoms with Crippen molar-refractivity contribution in [3.8, 4) is 5.75 Å². The molecule has 0 aromatic heterocycles. The molecular weight excluding hydrogens is 388 g/mol. The molecule has 5 nitrogen and oxygen atoms in total. The molecule has 1 aliphatic carbocycles. The standard InChI is InChI=1S/C26H34N2O3/c1-19-14-15-24(20(2)16-19)31-18-25(29)28(17-22-10-6-4-7-11-22)21(3)26(30)27-23-12-8-5-9-13-23/h4,6-7,10-11,14-16,21,23H,5,8-9,12-13,17-18H2,1-3H3,(H,27,30). The summed E-state index contributed by atoms with van der Waals surface area (Å²) in [5.74, 6) is 0.399. The SMILES string of the molecule is Cc1ccc(OCC(=O)N(Cc2ccccc2)C(C)C(=O)NC2CCCCC2)c(C)c1. The number of amides is 2. The van der Waals surface area contributed by atoms with E-state index in [9.17, 15) is 9.59 Å². The molecule has 31 heavy (non-hydrogen) atoms. The van der Waals surface area contributed by atoms with E-state index in [1.54, 1.807) is 11.8 Å². The van der Waals surface area contributed by atoms with Gasteiger partial charge in [0.25, 0.3) is 5.91 Å². The zero-order valence-electron chi connectivity index (χ0n) is 18.9. The first-order chi connectivity index (χ1) is 14.9. The molecule has 0 bridgehead atoms. The third-order valence-corrected chi connectivity index (χ3v) is 6.00. The molecule has 1 atom stereocenters. The van der Waals surface area contributed by atoms with Crippen molar-refractivity contribution in [3.63, 3.8) is 0 Å². The van der Waals surface area contributed by atoms with Gasteiger partial charge < -0.3 is 15.0 Å². The lowest BCUT2D eigenvalue weighted by Crippen LogP contribution is -2.51. The van der Waals surface area contributed by atoms with Gasteiger partial charge in [0.15, 0.2) is 6.61 Å². The molecule has 1 aliphatic rings. The first-order valence-corrected chi connectivity index (χ1v) is 11.3. The van der Waals surface area contributed by atoms with Crippen LogP contribution >= 0.6 is 0 Å². The number of nitrogens with zero attached hydrogens (tertiary/aromatic N) is 1. The van der Waals surface area contributed by atoms with Crippen LogP contribution in [0.25, 0.3) is 0 Å². The van der Waals surface area contributed by atoms with Crippen LogP contribution in [0.2, 0.25) is 0 Å². The number of ether oxygens (including phenoxy) is 1. The van der Waals surface area contributed by atoms with Gasteiger partial charge in [0, 0.05) is 12.6 Å². The lowest BCUT2D eigenvalue weighted by Gasteiger charge is -2.31. The molecule has 3 rings (SSSR count). The van der Waals surface area contributed by atoms with Crippen molar-refractivity contribution in [1.82, 2.24) is 10.2 Å². The highest BCUT2D eigenvalue weighted by Gasteiger charge is 2.28. The summed E-state index contributed by atoms with van der Waals surface area (Å²) in [4.78, 5) is 27.7. The average Bonchev–Trinajstić information content (AvgIpc) is 2.77. The number of benzene rings is 2. The summed E-state index contributed by atoms with van der Waals surface area (Å²) in [5.41, 5.74) is 3.13. The normalized spacial score (nSPS) is 15.2. The first kappa shape index (κ1) is 22.9. The van der Waals surface area contributed by atoms with Crippen molar-refractivity contribution in [2.75, 3.05) is 6.61 Å². The summed E-state index contributed by atoms with van der Waals surface area (Å²) in [5, 5.41) is 3.16. The predicted molar refractivity (Wildman–Crippen MR) is 123 cm³/mol. The Bertz CT molecular complexity index is 875. The van der Waals surface area contributed by atoms with E-state index in [0.717, 1.165) is 42.4 Å². The van der Waals surface area contributed by atoms with Crippen LogP contribution in [0.4, 0.5) is 0 Å². The minimum Gasteiger partial charge on any atom is -0.483 e. The second kappa shape index (κ2) is 11.0. The van der Waals surface area contributed by atoms with Crippen LogP contribution < -0.4 is 10.1 Å². The number of carbonyl (C=O) groups is 2. The fraction of sp³-hybridized carbons (Fsp3) is 0.462. The average molecular weight is 423 g/mol. The Labute approximate surface area is 185 Å². The van der Waals surface area contributed by atoms with Gasteiger partial charge in [-0.25, -0.2) is 0 Å². The van der Waals surface area contributed by atoms with Gasteiger partial charge in [-0.2, -0.15) is 0 Å². The quantitative estimate of drug-likeness (QED) is 0.679. The highest BCUT2D eigenvalue weighted by Crippen LogP contribution is 2.20. The number of nitrogens with one attached hydrogen (secondary N) is 1. The van der Waals surface area contributed by atoms with Crippen molar-refractivity contribution in [1.29, 1.82) is 0 Å². The van der Waals surface area contributed by atoms with Gasteiger partial charge in [0.05, 0.1) is 0 Å². The molecule has 1 N–H and O–H groups in total. The van der Waals surface area contributed by atoms with E-state index in [2.05, 4.69) is 5.32 Å². The Hall–Kier alpha value is -2.82. The summed E-state index contributed by atoms with van der Waals surface area (Å²) >= 11 is 0. The Balaban J connectivity index is 1.69. The maximum absolute atomic E-state index is 13.2. The molecule has 1 fully saturated rings. The zero-order chi connectivity index (χ0) is 22.2. The topological polar surface area (TPSA) is 58.6 Å². The largest absolute Gasteiger partial charge is 0.483 e. The van der Waals surface area contributed by atoms with E-state index in [-0.39, 0.29) is 24.5 Å². The van der Waals surface area contributed by atoms with Crippen LogP contribution in [-0.4, -0.2) is 35.4 Å². The van der Waals surface area contributed by atoms with Gasteiger partial charge in [0.2, 0.25) is 5.91 Å². The second-order valence-corrected chi connectivity index (χ2v) is 8.58. The molecule has 5 heteroatoms. The van der Waals surface area contributed by atoms with Crippen LogP contribution in [0.5, 0.6) is 5.75 Å². The number of hydrogen-bond acceptors (Lipinski definition) is 3. The number of carbonyl (C=O) groups excluding carboxylic acids is 2. The van der Waals surface area contributed by atoms with Crippen molar-refractivity contribution < 1.29 is 14.3 Å². The highest BCUT2D eigenvalue weighted by molar-refractivity contribution is 5.88. The third-order valence-electron chi connectivity index (χ3n) is 6.00. The van der Waals surface area contributed by atoms with Crippen LogP contribution in [0.15, 0.2) is 48.5 Å². The molecular formula is C26H34N2O3. The maximum Gasteiger partial charge on any atom is 0.261 e. The van der Waals surface area contributed by atoms with Crippen molar-refractivity contribution in [3.05, 3.63) is 65.2 Å². The fourth-order valence-electron chi connectivity index (χ4n) is 4.12. The Kier molecular flexibility index (Phi) is 8.10. The van der Waals surface area contributed by atoms with Gasteiger partial charge in [-0.1, -0.05) is 67.3 Å². The molecule has 0 aliphatic heterocycles. The summed E-state index contributed by atoms with van der Waals surface area (Å²) < 4.78 is 5.83. The van der Waals surface area contributed by atoms with Crippen LogP contribution in [-0.2, 0) is 16.1 Å². The zero-order valence-corrected chi connectivity index (χ0v) is 18.9. The van der Waals surface area contributed by atoms with Crippen molar-refractivity contribution in [2.24, 2.45) is 0 Å². The number of hydrogen-bond donors (Lipinski definition) is 1. The van der Waals surface area contributed by atoms with Crippen LogP contribution in [0, 0.1) is 13.8 Å². The number of aryl methyl sites for hydroxylation is 2. The molecule has 1 saturated carbocycles. The lowest BCUT2D eigenvalue weighted by molar-refractivity contribution is -0.142. The van der Waals surface area contributed by atoms with Gasteiger partial charge in [0.1, 0.15) is 11.8 Å². The van der Waals surface area contributed by atoms with Crippen molar-refractivity contribution >= 4 is 11.8 Å². The molecule has 2 amide bonds. The Morgan fingerprint density at radius 2 is 1.77 bits per heavy atom. The van der Waals surface area contributed by atoms with Crippen LogP contribution in [0.1, 0.15) is 55.7 Å². The Morgan fingerprint density at radius 3 is 2.45 bits per heavy atom. The van der Waals surface area contributed by atoms with E-state index in [4.69, 9.17) is 4.74 Å². The van der Waals surface area contributed by atoms with E-state index >= 15 is 0 Å².